The van der Waals surface area contributed by atoms with Gasteiger partial charge >= 0.3 is 0 Å². The minimum Gasteiger partial charge on any atom is -0.378 e. The molecule has 0 bridgehead atoms. The van der Waals surface area contributed by atoms with E-state index in [9.17, 15) is 4.79 Å². The van der Waals surface area contributed by atoms with Crippen molar-refractivity contribution >= 4 is 17.4 Å². The molecule has 0 atom stereocenters. The highest BCUT2D eigenvalue weighted by Crippen LogP contribution is 2.18. The lowest BCUT2D eigenvalue weighted by molar-refractivity contribution is 0.0957. The SMILES string of the molecule is CNC(=O)c1ccc(NCc2ccc(N(C)C)cc2C)nn1. The molecule has 6 nitrogen and oxygen atoms in total. The Morgan fingerprint density at radius 3 is 2.50 bits per heavy atom. The number of rotatable bonds is 5. The number of anilines is 2. The lowest BCUT2D eigenvalue weighted by atomic mass is 10.1. The van der Waals surface area contributed by atoms with Crippen LogP contribution in [-0.4, -0.2) is 37.2 Å². The molecule has 0 saturated heterocycles. The molecule has 0 unspecified atom stereocenters. The number of aromatic nitrogens is 2. The summed E-state index contributed by atoms with van der Waals surface area (Å²) < 4.78 is 0. The third kappa shape index (κ3) is 3.72. The zero-order valence-electron chi connectivity index (χ0n) is 13.3. The van der Waals surface area contributed by atoms with E-state index in [0.717, 1.165) is 0 Å². The van der Waals surface area contributed by atoms with Crippen LogP contribution in [0.1, 0.15) is 21.6 Å². The van der Waals surface area contributed by atoms with Crippen molar-refractivity contribution in [1.82, 2.24) is 15.5 Å². The lowest BCUT2D eigenvalue weighted by Gasteiger charge is -2.15. The average molecular weight is 299 g/mol. The number of aryl methyl sites for hydroxylation is 1. The molecule has 1 aromatic carbocycles. The largest absolute Gasteiger partial charge is 0.378 e. The van der Waals surface area contributed by atoms with Gasteiger partial charge in [-0.2, -0.15) is 0 Å². The molecule has 0 radical (unpaired) electrons. The predicted octanol–water partition coefficient (Wildman–Crippen LogP) is 1.82. The monoisotopic (exact) mass is 299 g/mol. The fraction of sp³-hybridized carbons (Fsp3) is 0.312. The summed E-state index contributed by atoms with van der Waals surface area (Å²) in [6.07, 6.45) is 0. The van der Waals surface area contributed by atoms with Crippen molar-refractivity contribution in [3.63, 3.8) is 0 Å². The molecule has 0 aliphatic carbocycles. The zero-order valence-corrected chi connectivity index (χ0v) is 13.3. The number of nitrogens with one attached hydrogen (secondary N) is 2. The van der Waals surface area contributed by atoms with Crippen LogP contribution in [0.2, 0.25) is 0 Å². The van der Waals surface area contributed by atoms with Crippen LogP contribution in [0.3, 0.4) is 0 Å². The number of amides is 1. The van der Waals surface area contributed by atoms with E-state index < -0.39 is 0 Å². The molecule has 2 rings (SSSR count). The second-order valence-electron chi connectivity index (χ2n) is 5.24. The van der Waals surface area contributed by atoms with Crippen molar-refractivity contribution in [3.05, 3.63) is 47.2 Å². The summed E-state index contributed by atoms with van der Waals surface area (Å²) in [4.78, 5) is 13.5. The number of carbonyl (C=O) groups is 1. The van der Waals surface area contributed by atoms with Crippen molar-refractivity contribution in [3.8, 4) is 0 Å². The van der Waals surface area contributed by atoms with E-state index in [1.807, 2.05) is 14.1 Å². The first-order valence-corrected chi connectivity index (χ1v) is 7.08. The van der Waals surface area contributed by atoms with E-state index >= 15 is 0 Å². The lowest BCUT2D eigenvalue weighted by Crippen LogP contribution is -2.19. The molecular formula is C16H21N5O. The van der Waals surface area contributed by atoms with Crippen LogP contribution >= 0.6 is 0 Å². The van der Waals surface area contributed by atoms with Crippen LogP contribution in [0, 0.1) is 6.92 Å². The van der Waals surface area contributed by atoms with Crippen LogP contribution in [-0.2, 0) is 6.54 Å². The van der Waals surface area contributed by atoms with Gasteiger partial charge in [0.15, 0.2) is 5.69 Å². The smallest absolute Gasteiger partial charge is 0.271 e. The van der Waals surface area contributed by atoms with Crippen LogP contribution in [0.4, 0.5) is 11.5 Å². The third-order valence-electron chi connectivity index (χ3n) is 3.43. The summed E-state index contributed by atoms with van der Waals surface area (Å²) in [5.41, 5.74) is 3.90. The topological polar surface area (TPSA) is 70.2 Å². The van der Waals surface area contributed by atoms with E-state index in [-0.39, 0.29) is 5.91 Å². The molecule has 1 amide bonds. The van der Waals surface area contributed by atoms with Crippen LogP contribution in [0.25, 0.3) is 0 Å². The minimum absolute atomic E-state index is 0.242. The van der Waals surface area contributed by atoms with Crippen LogP contribution < -0.4 is 15.5 Å². The molecule has 22 heavy (non-hydrogen) atoms. The van der Waals surface area contributed by atoms with Gasteiger partial charge in [-0.15, -0.1) is 10.2 Å². The summed E-state index contributed by atoms with van der Waals surface area (Å²) in [6.45, 7) is 2.75. The summed E-state index contributed by atoms with van der Waals surface area (Å²) in [5, 5.41) is 13.6. The molecule has 0 spiro atoms. The molecule has 0 aliphatic heterocycles. The normalized spacial score (nSPS) is 10.2. The first-order valence-electron chi connectivity index (χ1n) is 7.08. The van der Waals surface area contributed by atoms with E-state index in [0.29, 0.717) is 18.1 Å². The van der Waals surface area contributed by atoms with Crippen molar-refractivity contribution in [2.45, 2.75) is 13.5 Å². The van der Waals surface area contributed by atoms with E-state index in [2.05, 4.69) is 50.9 Å². The molecule has 0 aliphatic rings. The maximum absolute atomic E-state index is 11.4. The zero-order chi connectivity index (χ0) is 16.1. The van der Waals surface area contributed by atoms with Gasteiger partial charge in [0.05, 0.1) is 0 Å². The van der Waals surface area contributed by atoms with Crippen LogP contribution in [0.5, 0.6) is 0 Å². The average Bonchev–Trinajstić information content (AvgIpc) is 2.53. The molecule has 2 N–H and O–H groups in total. The van der Waals surface area contributed by atoms with Gasteiger partial charge in [0.1, 0.15) is 5.82 Å². The van der Waals surface area contributed by atoms with Crippen molar-refractivity contribution in [2.75, 3.05) is 31.4 Å². The summed E-state index contributed by atoms with van der Waals surface area (Å²) in [5.74, 6) is 0.401. The molecule has 116 valence electrons. The fourth-order valence-electron chi connectivity index (χ4n) is 2.02. The maximum atomic E-state index is 11.4. The standard InChI is InChI=1S/C16H21N5O/c1-11-9-13(21(3)4)6-5-12(11)10-18-15-8-7-14(19-20-15)16(22)17-2/h5-9H,10H2,1-4H3,(H,17,22)(H,18,20). The first kappa shape index (κ1) is 15.8. The number of carbonyl (C=O) groups excluding carboxylic acids is 1. The van der Waals surface area contributed by atoms with Crippen LogP contribution in [0.15, 0.2) is 30.3 Å². The Kier molecular flexibility index (Phi) is 4.93. The molecular weight excluding hydrogens is 278 g/mol. The number of benzene rings is 1. The van der Waals surface area contributed by atoms with Gasteiger partial charge in [-0.3, -0.25) is 4.79 Å². The highest BCUT2D eigenvalue weighted by atomic mass is 16.1. The highest BCUT2D eigenvalue weighted by Gasteiger charge is 2.06. The minimum atomic E-state index is -0.242. The fourth-order valence-corrected chi connectivity index (χ4v) is 2.02. The molecule has 2 aromatic rings. The maximum Gasteiger partial charge on any atom is 0.271 e. The Balaban J connectivity index is 2.02. The van der Waals surface area contributed by atoms with Gasteiger partial charge in [0.2, 0.25) is 0 Å². The Morgan fingerprint density at radius 2 is 1.95 bits per heavy atom. The second kappa shape index (κ2) is 6.89. The van der Waals surface area contributed by atoms with E-state index in [1.54, 1.807) is 19.2 Å². The predicted molar refractivity (Wildman–Crippen MR) is 88.3 cm³/mol. The van der Waals surface area contributed by atoms with Gasteiger partial charge in [-0.1, -0.05) is 6.07 Å². The molecule has 6 heteroatoms. The summed E-state index contributed by atoms with van der Waals surface area (Å²) >= 11 is 0. The Hall–Kier alpha value is -2.63. The molecule has 1 heterocycles. The van der Waals surface area contributed by atoms with E-state index in [1.165, 1.54) is 16.8 Å². The second-order valence-corrected chi connectivity index (χ2v) is 5.24. The van der Waals surface area contributed by atoms with Gasteiger partial charge < -0.3 is 15.5 Å². The van der Waals surface area contributed by atoms with Gasteiger partial charge in [-0.05, 0) is 42.3 Å². The Bertz CT molecular complexity index is 652. The van der Waals surface area contributed by atoms with Crippen molar-refractivity contribution in [2.24, 2.45) is 0 Å². The highest BCUT2D eigenvalue weighted by molar-refractivity contribution is 5.91. The quantitative estimate of drug-likeness (QED) is 0.881. The number of nitrogens with zero attached hydrogens (tertiary/aromatic N) is 3. The third-order valence-corrected chi connectivity index (χ3v) is 3.43. The van der Waals surface area contributed by atoms with Crippen molar-refractivity contribution in [1.29, 1.82) is 0 Å². The Morgan fingerprint density at radius 1 is 1.18 bits per heavy atom. The number of hydrogen-bond acceptors (Lipinski definition) is 5. The van der Waals surface area contributed by atoms with Crippen molar-refractivity contribution < 1.29 is 4.79 Å². The summed E-state index contributed by atoms with van der Waals surface area (Å²) in [7, 11) is 5.61. The summed E-state index contributed by atoms with van der Waals surface area (Å²) in [6, 6.07) is 9.74. The van der Waals surface area contributed by atoms with Gasteiger partial charge in [0.25, 0.3) is 5.91 Å². The van der Waals surface area contributed by atoms with Gasteiger partial charge in [0, 0.05) is 33.4 Å². The molecule has 0 fully saturated rings. The molecule has 0 saturated carbocycles. The Labute approximate surface area is 130 Å². The number of hydrogen-bond donors (Lipinski definition) is 2. The van der Waals surface area contributed by atoms with E-state index in [4.69, 9.17) is 0 Å². The molecule has 1 aromatic heterocycles. The van der Waals surface area contributed by atoms with Gasteiger partial charge in [-0.25, -0.2) is 0 Å². The first-order chi connectivity index (χ1) is 10.5.